The lowest BCUT2D eigenvalue weighted by Gasteiger charge is -2.21. The number of hydrogen-bond acceptors (Lipinski definition) is 6. The minimum Gasteiger partial charge on any atom is -0.493 e. The predicted molar refractivity (Wildman–Crippen MR) is 96.2 cm³/mol. The summed E-state index contributed by atoms with van der Waals surface area (Å²) in [4.78, 5) is -0.419. The van der Waals surface area contributed by atoms with Crippen LogP contribution in [-0.4, -0.2) is 28.7 Å². The lowest BCUT2D eigenvalue weighted by atomic mass is 10.1. The van der Waals surface area contributed by atoms with E-state index in [1.54, 1.807) is 18.2 Å². The minimum absolute atomic E-state index is 0.0146. The molecule has 2 aromatic rings. The van der Waals surface area contributed by atoms with Gasteiger partial charge in [0.1, 0.15) is 24.2 Å². The number of nitrogens with zero attached hydrogens (tertiary/aromatic N) is 1. The van der Waals surface area contributed by atoms with Crippen LogP contribution in [-0.2, 0) is 9.84 Å². The van der Waals surface area contributed by atoms with Gasteiger partial charge >= 0.3 is 0 Å². The van der Waals surface area contributed by atoms with E-state index < -0.39 is 14.7 Å². The summed E-state index contributed by atoms with van der Waals surface area (Å²) in [7, 11) is -2.51. The summed E-state index contributed by atoms with van der Waals surface area (Å²) < 4.78 is 41.7. The van der Waals surface area contributed by atoms with Crippen LogP contribution in [0.4, 0.5) is 0 Å². The third kappa shape index (κ3) is 3.47. The zero-order valence-electron chi connectivity index (χ0n) is 13.7. The Hall–Kier alpha value is -2.69. The smallest absolute Gasteiger partial charge is 0.216 e. The molecule has 0 radical (unpaired) electrons. The first-order valence-corrected chi connectivity index (χ1v) is 9.42. The van der Waals surface area contributed by atoms with Crippen LogP contribution in [0.1, 0.15) is 5.56 Å². The maximum atomic E-state index is 12.7. The van der Waals surface area contributed by atoms with Gasteiger partial charge in [-0.1, -0.05) is 11.6 Å². The van der Waals surface area contributed by atoms with Crippen molar-refractivity contribution in [1.29, 1.82) is 5.26 Å². The molecule has 1 heterocycles. The summed E-state index contributed by atoms with van der Waals surface area (Å²) in [5.41, 5.74) is 0.445. The normalized spacial score (nSPS) is 13.8. The van der Waals surface area contributed by atoms with Gasteiger partial charge in [0.25, 0.3) is 0 Å². The van der Waals surface area contributed by atoms with E-state index in [1.165, 1.54) is 37.5 Å². The van der Waals surface area contributed by atoms with Crippen LogP contribution >= 0.6 is 11.6 Å². The van der Waals surface area contributed by atoms with Crippen LogP contribution in [0.25, 0.3) is 6.08 Å². The number of methoxy groups -OCH3 is 1. The SMILES string of the molecule is COc1cc(C=C(C#N)S(=O)(=O)c2ccc(Cl)cc2)cc2c1OCCO2. The molecule has 0 amide bonds. The number of benzene rings is 2. The van der Waals surface area contributed by atoms with E-state index >= 15 is 0 Å². The Balaban J connectivity index is 2.07. The van der Waals surface area contributed by atoms with Crippen LogP contribution in [0.2, 0.25) is 5.02 Å². The molecule has 8 heteroatoms. The van der Waals surface area contributed by atoms with Crippen molar-refractivity contribution in [3.63, 3.8) is 0 Å². The van der Waals surface area contributed by atoms with Crippen molar-refractivity contribution in [2.75, 3.05) is 20.3 Å². The van der Waals surface area contributed by atoms with Crippen molar-refractivity contribution in [3.8, 4) is 23.3 Å². The summed E-state index contributed by atoms with van der Waals surface area (Å²) in [6.45, 7) is 0.768. The van der Waals surface area contributed by atoms with E-state index in [4.69, 9.17) is 25.8 Å². The van der Waals surface area contributed by atoms with Crippen LogP contribution in [0, 0.1) is 11.3 Å². The van der Waals surface area contributed by atoms with Gasteiger partial charge in [0, 0.05) is 5.02 Å². The van der Waals surface area contributed by atoms with Gasteiger partial charge in [0.15, 0.2) is 11.5 Å². The molecule has 1 aliphatic rings. The lowest BCUT2D eigenvalue weighted by Crippen LogP contribution is -2.16. The fourth-order valence-electron chi connectivity index (χ4n) is 2.44. The molecular weight excluding hydrogens is 378 g/mol. The van der Waals surface area contributed by atoms with Crippen molar-refractivity contribution in [2.45, 2.75) is 4.90 Å². The third-order valence-corrected chi connectivity index (χ3v) is 5.60. The lowest BCUT2D eigenvalue weighted by molar-refractivity contribution is 0.165. The van der Waals surface area contributed by atoms with E-state index in [0.29, 0.717) is 41.0 Å². The third-order valence-electron chi connectivity index (χ3n) is 3.67. The molecule has 0 unspecified atom stereocenters. The highest BCUT2D eigenvalue weighted by atomic mass is 35.5. The minimum atomic E-state index is -3.98. The zero-order valence-corrected chi connectivity index (χ0v) is 15.3. The molecule has 0 aromatic heterocycles. The fraction of sp³-hybridized carbons (Fsp3) is 0.167. The second-order valence-electron chi connectivity index (χ2n) is 5.33. The first-order valence-electron chi connectivity index (χ1n) is 7.56. The van der Waals surface area contributed by atoms with Gasteiger partial charge in [-0.3, -0.25) is 0 Å². The molecule has 6 nitrogen and oxygen atoms in total. The number of halogens is 1. The molecule has 0 bridgehead atoms. The number of fused-ring (bicyclic) bond motifs is 1. The van der Waals surface area contributed by atoms with E-state index in [-0.39, 0.29) is 4.90 Å². The van der Waals surface area contributed by atoms with Crippen molar-refractivity contribution in [3.05, 3.63) is 51.9 Å². The molecular formula is C18H14ClNO5S. The number of ether oxygens (including phenoxy) is 3. The summed E-state index contributed by atoms with van der Waals surface area (Å²) in [6.07, 6.45) is 1.27. The Morgan fingerprint density at radius 2 is 1.92 bits per heavy atom. The second kappa shape index (κ2) is 7.28. The monoisotopic (exact) mass is 391 g/mol. The standard InChI is InChI=1S/C18H14ClNO5S/c1-23-16-9-12(10-17-18(16)25-7-6-24-17)8-15(11-20)26(21,22)14-4-2-13(19)3-5-14/h2-5,8-10H,6-7H2,1H3. The summed E-state index contributed by atoms with van der Waals surface area (Å²) in [5, 5.41) is 9.80. The van der Waals surface area contributed by atoms with Gasteiger partial charge in [-0.05, 0) is 48.0 Å². The number of rotatable bonds is 4. The Morgan fingerprint density at radius 1 is 1.23 bits per heavy atom. The van der Waals surface area contributed by atoms with Gasteiger partial charge in [-0.15, -0.1) is 0 Å². The molecule has 3 rings (SSSR count). The first-order chi connectivity index (χ1) is 12.5. The van der Waals surface area contributed by atoms with Gasteiger partial charge in [-0.2, -0.15) is 5.26 Å². The largest absolute Gasteiger partial charge is 0.493 e. The van der Waals surface area contributed by atoms with Gasteiger partial charge in [0.05, 0.1) is 12.0 Å². The summed E-state index contributed by atoms with van der Waals surface area (Å²) in [6, 6.07) is 10.6. The predicted octanol–water partition coefficient (Wildman–Crippen LogP) is 3.46. The summed E-state index contributed by atoms with van der Waals surface area (Å²) in [5.74, 6) is 1.28. The molecule has 0 saturated carbocycles. The Bertz CT molecular complexity index is 990. The Morgan fingerprint density at radius 3 is 2.58 bits per heavy atom. The number of nitriles is 1. The van der Waals surface area contributed by atoms with Gasteiger partial charge < -0.3 is 14.2 Å². The maximum Gasteiger partial charge on any atom is 0.216 e. The molecule has 0 spiro atoms. The highest BCUT2D eigenvalue weighted by Crippen LogP contribution is 2.41. The first kappa shape index (κ1) is 18.1. The Labute approximate surface area is 156 Å². The topological polar surface area (TPSA) is 85.6 Å². The van der Waals surface area contributed by atoms with Crippen LogP contribution < -0.4 is 14.2 Å². The van der Waals surface area contributed by atoms with Crippen LogP contribution in [0.3, 0.4) is 0 Å². The molecule has 26 heavy (non-hydrogen) atoms. The van der Waals surface area contributed by atoms with E-state index in [1.807, 2.05) is 0 Å². The van der Waals surface area contributed by atoms with Crippen molar-refractivity contribution in [1.82, 2.24) is 0 Å². The van der Waals surface area contributed by atoms with Gasteiger partial charge in [-0.25, -0.2) is 8.42 Å². The molecule has 1 aliphatic heterocycles. The van der Waals surface area contributed by atoms with E-state index in [0.717, 1.165) is 0 Å². The van der Waals surface area contributed by atoms with Crippen LogP contribution in [0.5, 0.6) is 17.2 Å². The average Bonchev–Trinajstić information content (AvgIpc) is 2.65. The Kier molecular flexibility index (Phi) is 5.07. The number of sulfone groups is 1. The highest BCUT2D eigenvalue weighted by Gasteiger charge is 2.22. The van der Waals surface area contributed by atoms with E-state index in [2.05, 4.69) is 0 Å². The molecule has 0 aliphatic carbocycles. The summed E-state index contributed by atoms with van der Waals surface area (Å²) >= 11 is 5.79. The average molecular weight is 392 g/mol. The van der Waals surface area contributed by atoms with Crippen molar-refractivity contribution < 1.29 is 22.6 Å². The number of hydrogen-bond donors (Lipinski definition) is 0. The van der Waals surface area contributed by atoms with Crippen molar-refractivity contribution in [2.24, 2.45) is 0 Å². The molecule has 0 fully saturated rings. The number of allylic oxidation sites excluding steroid dienone is 1. The second-order valence-corrected chi connectivity index (χ2v) is 7.68. The van der Waals surface area contributed by atoms with E-state index in [9.17, 15) is 13.7 Å². The van der Waals surface area contributed by atoms with Crippen LogP contribution in [0.15, 0.2) is 46.2 Å². The van der Waals surface area contributed by atoms with Gasteiger partial charge in [0.2, 0.25) is 15.6 Å². The molecule has 0 saturated heterocycles. The molecule has 0 atom stereocenters. The zero-order chi connectivity index (χ0) is 18.7. The van der Waals surface area contributed by atoms with Crippen molar-refractivity contribution >= 4 is 27.5 Å². The maximum absolute atomic E-state index is 12.7. The molecule has 0 N–H and O–H groups in total. The molecule has 134 valence electrons. The highest BCUT2D eigenvalue weighted by molar-refractivity contribution is 7.95. The fourth-order valence-corrected chi connectivity index (χ4v) is 3.72. The molecule has 2 aromatic carbocycles. The quantitative estimate of drug-likeness (QED) is 0.742.